The van der Waals surface area contributed by atoms with E-state index in [2.05, 4.69) is 16.6 Å². The quantitative estimate of drug-likeness (QED) is 0.709. The Hall–Kier alpha value is -2.64. The fraction of sp³-hybridized carbons (Fsp3) is 0.167. The van der Waals surface area contributed by atoms with Crippen molar-refractivity contribution in [3.63, 3.8) is 0 Å². The molecule has 0 unspecified atom stereocenters. The molecule has 2 rings (SSSR count). The van der Waals surface area contributed by atoms with Gasteiger partial charge in [0, 0.05) is 12.1 Å². The normalized spacial score (nSPS) is 10.9. The van der Waals surface area contributed by atoms with E-state index in [1.165, 1.54) is 30.3 Å². The highest BCUT2D eigenvalue weighted by Gasteiger charge is 2.14. The van der Waals surface area contributed by atoms with E-state index in [9.17, 15) is 13.2 Å². The van der Waals surface area contributed by atoms with Gasteiger partial charge in [0.05, 0.1) is 17.2 Å². The van der Waals surface area contributed by atoms with Gasteiger partial charge in [0.2, 0.25) is 10.0 Å². The molecule has 0 bridgehead atoms. The number of para-hydroxylation sites is 2. The average molecular weight is 360 g/mol. The molecule has 0 aliphatic heterocycles. The van der Waals surface area contributed by atoms with Crippen LogP contribution in [-0.4, -0.2) is 27.5 Å². The Morgan fingerprint density at radius 3 is 2.48 bits per heavy atom. The average Bonchev–Trinajstić information content (AvgIpc) is 2.62. The number of ether oxygens (including phenoxy) is 1. The van der Waals surface area contributed by atoms with Crippen LogP contribution in [0.15, 0.2) is 66.1 Å². The minimum absolute atomic E-state index is 0.0839. The van der Waals surface area contributed by atoms with Crippen molar-refractivity contribution in [1.29, 1.82) is 0 Å². The highest BCUT2D eigenvalue weighted by Crippen LogP contribution is 2.24. The van der Waals surface area contributed by atoms with Crippen molar-refractivity contribution < 1.29 is 17.9 Å². The second-order valence-corrected chi connectivity index (χ2v) is 6.82. The molecule has 0 aliphatic rings. The first-order chi connectivity index (χ1) is 12.0. The lowest BCUT2D eigenvalue weighted by molar-refractivity contribution is 0.102. The van der Waals surface area contributed by atoms with Crippen LogP contribution in [0.25, 0.3) is 0 Å². The number of hydrogen-bond acceptors (Lipinski definition) is 4. The number of carbonyl (C=O) groups excluding carboxylic acids is 1. The second kappa shape index (κ2) is 8.46. The molecule has 0 atom stereocenters. The fourth-order valence-corrected chi connectivity index (χ4v) is 3.08. The molecule has 132 valence electrons. The molecule has 0 aromatic heterocycles. The predicted molar refractivity (Wildman–Crippen MR) is 97.4 cm³/mol. The summed E-state index contributed by atoms with van der Waals surface area (Å²) < 4.78 is 31.8. The molecule has 2 aromatic carbocycles. The van der Waals surface area contributed by atoms with Gasteiger partial charge in [-0.2, -0.15) is 0 Å². The minimum atomic E-state index is -3.61. The molecule has 1 amide bonds. The third-order valence-corrected chi connectivity index (χ3v) is 4.72. The number of carbonyl (C=O) groups is 1. The van der Waals surface area contributed by atoms with E-state index in [4.69, 9.17) is 4.74 Å². The van der Waals surface area contributed by atoms with Gasteiger partial charge in [-0.25, -0.2) is 13.1 Å². The van der Waals surface area contributed by atoms with Gasteiger partial charge in [-0.15, -0.1) is 6.58 Å². The molecule has 0 aliphatic carbocycles. The van der Waals surface area contributed by atoms with E-state index in [0.29, 0.717) is 23.6 Å². The molecule has 0 radical (unpaired) electrons. The predicted octanol–water partition coefficient (Wildman–Crippen LogP) is 2.80. The van der Waals surface area contributed by atoms with Crippen LogP contribution in [-0.2, 0) is 10.0 Å². The molecule has 0 heterocycles. The van der Waals surface area contributed by atoms with Gasteiger partial charge in [0.25, 0.3) is 5.91 Å². The van der Waals surface area contributed by atoms with Crippen LogP contribution < -0.4 is 14.8 Å². The summed E-state index contributed by atoms with van der Waals surface area (Å²) in [6.45, 7) is 5.94. The van der Waals surface area contributed by atoms with Crippen LogP contribution in [0, 0.1) is 0 Å². The van der Waals surface area contributed by atoms with E-state index < -0.39 is 10.0 Å². The first kappa shape index (κ1) is 18.7. The van der Waals surface area contributed by atoms with Crippen molar-refractivity contribution in [2.24, 2.45) is 0 Å². The highest BCUT2D eigenvalue weighted by molar-refractivity contribution is 7.89. The van der Waals surface area contributed by atoms with Gasteiger partial charge in [-0.1, -0.05) is 18.2 Å². The van der Waals surface area contributed by atoms with Crippen LogP contribution in [0.3, 0.4) is 0 Å². The smallest absolute Gasteiger partial charge is 0.255 e. The first-order valence-electron chi connectivity index (χ1n) is 7.71. The Morgan fingerprint density at radius 2 is 1.84 bits per heavy atom. The Balaban J connectivity index is 2.15. The fourth-order valence-electron chi connectivity index (χ4n) is 2.08. The van der Waals surface area contributed by atoms with Crippen LogP contribution in [0.4, 0.5) is 5.69 Å². The molecule has 25 heavy (non-hydrogen) atoms. The Kier molecular flexibility index (Phi) is 6.32. The summed E-state index contributed by atoms with van der Waals surface area (Å²) in [7, 11) is -3.61. The van der Waals surface area contributed by atoms with Crippen LogP contribution in [0.1, 0.15) is 17.3 Å². The van der Waals surface area contributed by atoms with Crippen LogP contribution >= 0.6 is 0 Å². The molecular weight excluding hydrogens is 340 g/mol. The number of amides is 1. The monoisotopic (exact) mass is 360 g/mol. The standard InChI is InChI=1S/C18H20N2O4S/c1-3-13-19-25(22,23)15-11-9-14(10-12-15)18(21)20-16-7-5-6-8-17(16)24-4-2/h3,5-12,19H,1,4,13H2,2H3,(H,20,21). The zero-order valence-electron chi connectivity index (χ0n) is 13.9. The number of benzene rings is 2. The summed E-state index contributed by atoms with van der Waals surface area (Å²) in [5.41, 5.74) is 0.896. The van der Waals surface area contributed by atoms with E-state index in [1.807, 2.05) is 13.0 Å². The van der Waals surface area contributed by atoms with Crippen molar-refractivity contribution in [2.75, 3.05) is 18.5 Å². The Morgan fingerprint density at radius 1 is 1.16 bits per heavy atom. The summed E-state index contributed by atoms with van der Waals surface area (Å²) in [5, 5.41) is 2.76. The van der Waals surface area contributed by atoms with Crippen molar-refractivity contribution in [1.82, 2.24) is 4.72 Å². The van der Waals surface area contributed by atoms with E-state index in [0.717, 1.165) is 0 Å². The molecular formula is C18H20N2O4S. The molecule has 6 nitrogen and oxygen atoms in total. The van der Waals surface area contributed by atoms with Crippen LogP contribution in [0.2, 0.25) is 0 Å². The van der Waals surface area contributed by atoms with Crippen molar-refractivity contribution in [3.8, 4) is 5.75 Å². The Labute approximate surface area is 147 Å². The number of rotatable bonds is 8. The molecule has 0 fully saturated rings. The maximum absolute atomic E-state index is 12.4. The topological polar surface area (TPSA) is 84.5 Å². The summed E-state index contributed by atoms with van der Waals surface area (Å²) in [4.78, 5) is 12.4. The van der Waals surface area contributed by atoms with Gasteiger partial charge in [0.15, 0.2) is 0 Å². The lowest BCUT2D eigenvalue weighted by Gasteiger charge is -2.11. The van der Waals surface area contributed by atoms with E-state index in [1.54, 1.807) is 18.2 Å². The SMILES string of the molecule is C=CCNS(=O)(=O)c1ccc(C(=O)Nc2ccccc2OCC)cc1. The summed E-state index contributed by atoms with van der Waals surface area (Å²) in [5.74, 6) is 0.223. The lowest BCUT2D eigenvalue weighted by Crippen LogP contribution is -2.23. The maximum Gasteiger partial charge on any atom is 0.255 e. The summed E-state index contributed by atoms with van der Waals surface area (Å²) >= 11 is 0. The van der Waals surface area contributed by atoms with Gasteiger partial charge in [-0.05, 0) is 43.3 Å². The first-order valence-corrected chi connectivity index (χ1v) is 9.20. The summed E-state index contributed by atoms with van der Waals surface area (Å²) in [6, 6.07) is 12.8. The third kappa shape index (κ3) is 4.91. The maximum atomic E-state index is 12.4. The van der Waals surface area contributed by atoms with E-state index in [-0.39, 0.29) is 17.3 Å². The van der Waals surface area contributed by atoms with E-state index >= 15 is 0 Å². The molecule has 0 saturated carbocycles. The Bertz CT molecular complexity index is 846. The molecule has 2 N–H and O–H groups in total. The summed E-state index contributed by atoms with van der Waals surface area (Å²) in [6.07, 6.45) is 1.45. The van der Waals surface area contributed by atoms with Crippen molar-refractivity contribution in [2.45, 2.75) is 11.8 Å². The zero-order valence-corrected chi connectivity index (χ0v) is 14.7. The van der Waals surface area contributed by atoms with Crippen molar-refractivity contribution >= 4 is 21.6 Å². The number of sulfonamides is 1. The largest absolute Gasteiger partial charge is 0.492 e. The van der Waals surface area contributed by atoms with Gasteiger partial charge in [-0.3, -0.25) is 4.79 Å². The minimum Gasteiger partial charge on any atom is -0.492 e. The number of hydrogen-bond donors (Lipinski definition) is 2. The third-order valence-electron chi connectivity index (χ3n) is 3.28. The molecule has 2 aromatic rings. The molecule has 7 heteroatoms. The van der Waals surface area contributed by atoms with Crippen LogP contribution in [0.5, 0.6) is 5.75 Å². The second-order valence-electron chi connectivity index (χ2n) is 5.05. The molecule has 0 saturated heterocycles. The zero-order chi connectivity index (χ0) is 18.3. The van der Waals surface area contributed by atoms with Crippen molar-refractivity contribution in [3.05, 3.63) is 66.7 Å². The molecule has 0 spiro atoms. The number of nitrogens with one attached hydrogen (secondary N) is 2. The van der Waals surface area contributed by atoms with Gasteiger partial charge >= 0.3 is 0 Å². The van der Waals surface area contributed by atoms with Gasteiger partial charge in [0.1, 0.15) is 5.75 Å². The van der Waals surface area contributed by atoms with Gasteiger partial charge < -0.3 is 10.1 Å². The number of anilines is 1. The lowest BCUT2D eigenvalue weighted by atomic mass is 10.2. The highest BCUT2D eigenvalue weighted by atomic mass is 32.2.